The number of nitrogens with zero attached hydrogens (tertiary/aromatic N) is 1. The minimum Gasteiger partial charge on any atom is -0.495 e. The van der Waals surface area contributed by atoms with Crippen molar-refractivity contribution in [2.24, 2.45) is 0 Å². The van der Waals surface area contributed by atoms with E-state index in [1.54, 1.807) is 37.5 Å². The van der Waals surface area contributed by atoms with Gasteiger partial charge in [-0.05, 0) is 30.3 Å². The van der Waals surface area contributed by atoms with E-state index in [9.17, 15) is 4.79 Å². The highest BCUT2D eigenvalue weighted by Crippen LogP contribution is 2.34. The number of benzene rings is 1. The van der Waals surface area contributed by atoms with Crippen molar-refractivity contribution in [2.45, 2.75) is 0 Å². The topological polar surface area (TPSA) is 42.7 Å². The van der Waals surface area contributed by atoms with Crippen LogP contribution in [0.1, 0.15) is 5.76 Å². The summed E-state index contributed by atoms with van der Waals surface area (Å²) in [6, 6.07) is 9.03. The fourth-order valence-corrected chi connectivity index (χ4v) is 3.83. The summed E-state index contributed by atoms with van der Waals surface area (Å²) < 4.78 is 11.5. The van der Waals surface area contributed by atoms with Crippen LogP contribution in [-0.2, 0) is 4.79 Å². The molecule has 4 nitrogen and oxygen atoms in total. The molecule has 1 amide bonds. The first-order chi connectivity index (χ1) is 12.0. The first kappa shape index (κ1) is 17.8. The molecule has 128 valence electrons. The maximum Gasteiger partial charge on any atom is 0.266 e. The summed E-state index contributed by atoms with van der Waals surface area (Å²) in [5.41, 5.74) is 0.824. The second kappa shape index (κ2) is 7.47. The average molecular weight is 392 g/mol. The van der Waals surface area contributed by atoms with Crippen LogP contribution in [0, 0.1) is 0 Å². The first-order valence-corrected chi connectivity index (χ1v) is 8.93. The predicted molar refractivity (Wildman–Crippen MR) is 106 cm³/mol. The molecule has 0 saturated carbocycles. The van der Waals surface area contributed by atoms with Crippen molar-refractivity contribution in [3.8, 4) is 17.1 Å². The Morgan fingerprint density at radius 3 is 2.88 bits per heavy atom. The van der Waals surface area contributed by atoms with Gasteiger partial charge < -0.3 is 9.15 Å². The third kappa shape index (κ3) is 3.66. The Morgan fingerprint density at radius 1 is 1.40 bits per heavy atom. The number of carbonyl (C=O) groups excluding carboxylic acids is 1. The molecule has 0 spiro atoms. The molecular weight excluding hydrogens is 378 g/mol. The molecule has 1 saturated heterocycles. The van der Waals surface area contributed by atoms with Gasteiger partial charge >= 0.3 is 0 Å². The molecule has 1 aliphatic rings. The number of thiocarbonyl (C=S) groups is 1. The van der Waals surface area contributed by atoms with Crippen molar-refractivity contribution in [3.63, 3.8) is 0 Å². The highest BCUT2D eigenvalue weighted by atomic mass is 35.5. The van der Waals surface area contributed by atoms with Gasteiger partial charge in [0.1, 0.15) is 21.6 Å². The quantitative estimate of drug-likeness (QED) is 0.408. The van der Waals surface area contributed by atoms with Gasteiger partial charge in [-0.2, -0.15) is 0 Å². The van der Waals surface area contributed by atoms with E-state index in [1.807, 2.05) is 12.1 Å². The Labute approximate surface area is 160 Å². The monoisotopic (exact) mass is 391 g/mol. The van der Waals surface area contributed by atoms with Gasteiger partial charge in [-0.1, -0.05) is 41.7 Å². The number of methoxy groups -OCH3 is 1. The molecule has 0 aliphatic carbocycles. The molecule has 2 aromatic rings. The molecule has 0 atom stereocenters. The van der Waals surface area contributed by atoms with E-state index in [4.69, 9.17) is 33.0 Å². The standard InChI is InChI=1S/C18H14ClNO3S2/c1-3-8-20-17(21)16(25-18(20)24)10-12-5-7-14(23-12)11-4-6-15(22-2)13(19)9-11/h3-7,9-10H,1,8H2,2H3. The zero-order valence-corrected chi connectivity index (χ0v) is 15.7. The van der Waals surface area contributed by atoms with Gasteiger partial charge in [0.15, 0.2) is 0 Å². The number of hydrogen-bond donors (Lipinski definition) is 0. The summed E-state index contributed by atoms with van der Waals surface area (Å²) in [4.78, 5) is 14.4. The molecule has 0 bridgehead atoms. The van der Waals surface area contributed by atoms with E-state index < -0.39 is 0 Å². The van der Waals surface area contributed by atoms with Crippen LogP contribution in [0.2, 0.25) is 5.02 Å². The Kier molecular flexibility index (Phi) is 5.32. The van der Waals surface area contributed by atoms with Crippen molar-refractivity contribution in [1.82, 2.24) is 4.90 Å². The molecule has 2 heterocycles. The highest BCUT2D eigenvalue weighted by Gasteiger charge is 2.31. The van der Waals surface area contributed by atoms with Crippen LogP contribution in [0.15, 0.2) is 52.3 Å². The van der Waals surface area contributed by atoms with Gasteiger partial charge in [-0.15, -0.1) is 6.58 Å². The number of ether oxygens (including phenoxy) is 1. The molecule has 1 aliphatic heterocycles. The smallest absolute Gasteiger partial charge is 0.266 e. The predicted octanol–water partition coefficient (Wildman–Crippen LogP) is 5.00. The van der Waals surface area contributed by atoms with Gasteiger partial charge in [-0.3, -0.25) is 9.69 Å². The third-order valence-electron chi connectivity index (χ3n) is 3.52. The van der Waals surface area contributed by atoms with Gasteiger partial charge in [0.05, 0.1) is 17.0 Å². The summed E-state index contributed by atoms with van der Waals surface area (Å²) in [5, 5.41) is 0.503. The maximum atomic E-state index is 12.3. The minimum absolute atomic E-state index is 0.139. The van der Waals surface area contributed by atoms with E-state index in [0.717, 1.165) is 5.56 Å². The van der Waals surface area contributed by atoms with E-state index >= 15 is 0 Å². The Morgan fingerprint density at radius 2 is 2.20 bits per heavy atom. The summed E-state index contributed by atoms with van der Waals surface area (Å²) in [7, 11) is 1.56. The molecule has 0 radical (unpaired) electrons. The lowest BCUT2D eigenvalue weighted by molar-refractivity contribution is -0.121. The number of amides is 1. The molecule has 1 fully saturated rings. The molecule has 1 aromatic heterocycles. The van der Waals surface area contributed by atoms with Crippen LogP contribution < -0.4 is 4.74 Å². The number of furan rings is 1. The van der Waals surface area contributed by atoms with Crippen molar-refractivity contribution in [3.05, 3.63) is 58.7 Å². The van der Waals surface area contributed by atoms with Gasteiger partial charge in [-0.25, -0.2) is 0 Å². The van der Waals surface area contributed by atoms with Crippen LogP contribution in [0.5, 0.6) is 5.75 Å². The molecule has 0 N–H and O–H groups in total. The maximum absolute atomic E-state index is 12.3. The van der Waals surface area contributed by atoms with Gasteiger partial charge in [0.2, 0.25) is 0 Å². The lowest BCUT2D eigenvalue weighted by Gasteiger charge is -2.10. The first-order valence-electron chi connectivity index (χ1n) is 7.33. The zero-order chi connectivity index (χ0) is 18.0. The Bertz CT molecular complexity index is 888. The van der Waals surface area contributed by atoms with Crippen LogP contribution >= 0.6 is 35.6 Å². The van der Waals surface area contributed by atoms with E-state index in [0.29, 0.717) is 38.1 Å². The Balaban J connectivity index is 1.85. The second-order valence-corrected chi connectivity index (χ2v) is 7.22. The summed E-state index contributed by atoms with van der Waals surface area (Å²) in [6.07, 6.45) is 3.34. The lowest BCUT2D eigenvalue weighted by atomic mass is 10.2. The Hall–Kier alpha value is -2.02. The fraction of sp³-hybridized carbons (Fsp3) is 0.111. The molecule has 1 aromatic carbocycles. The van der Waals surface area contributed by atoms with Crippen molar-refractivity contribution < 1.29 is 13.9 Å². The largest absolute Gasteiger partial charge is 0.495 e. The molecule has 7 heteroatoms. The van der Waals surface area contributed by atoms with Crippen molar-refractivity contribution in [1.29, 1.82) is 0 Å². The van der Waals surface area contributed by atoms with Crippen molar-refractivity contribution in [2.75, 3.05) is 13.7 Å². The highest BCUT2D eigenvalue weighted by molar-refractivity contribution is 8.26. The SMILES string of the molecule is C=CCN1C(=O)C(=Cc2ccc(-c3ccc(OC)c(Cl)c3)o2)SC1=S. The van der Waals surface area contributed by atoms with Crippen LogP contribution in [0.25, 0.3) is 17.4 Å². The van der Waals surface area contributed by atoms with E-state index in [2.05, 4.69) is 6.58 Å². The van der Waals surface area contributed by atoms with Crippen LogP contribution in [-0.4, -0.2) is 28.8 Å². The number of hydrogen-bond acceptors (Lipinski definition) is 5. The lowest BCUT2D eigenvalue weighted by Crippen LogP contribution is -2.27. The third-order valence-corrected chi connectivity index (χ3v) is 5.19. The minimum atomic E-state index is -0.139. The summed E-state index contributed by atoms with van der Waals surface area (Å²) >= 11 is 12.6. The van der Waals surface area contributed by atoms with Gasteiger partial charge in [0, 0.05) is 18.2 Å². The van der Waals surface area contributed by atoms with E-state index in [-0.39, 0.29) is 5.91 Å². The van der Waals surface area contributed by atoms with Gasteiger partial charge in [0.25, 0.3) is 5.91 Å². The average Bonchev–Trinajstić information content (AvgIpc) is 3.16. The van der Waals surface area contributed by atoms with Crippen LogP contribution in [0.3, 0.4) is 0 Å². The summed E-state index contributed by atoms with van der Waals surface area (Å²) in [6.45, 7) is 4.04. The molecular formula is C18H14ClNO3S2. The number of rotatable bonds is 5. The normalized spacial score (nSPS) is 15.9. The fourth-order valence-electron chi connectivity index (χ4n) is 2.32. The number of halogens is 1. The van der Waals surface area contributed by atoms with Crippen molar-refractivity contribution >= 4 is 51.9 Å². The number of thioether (sulfide) groups is 1. The zero-order valence-electron chi connectivity index (χ0n) is 13.3. The molecule has 3 rings (SSSR count). The second-order valence-electron chi connectivity index (χ2n) is 5.13. The van der Waals surface area contributed by atoms with E-state index in [1.165, 1.54) is 16.7 Å². The number of carbonyl (C=O) groups is 1. The van der Waals surface area contributed by atoms with Crippen LogP contribution in [0.4, 0.5) is 0 Å². The molecule has 25 heavy (non-hydrogen) atoms. The summed E-state index contributed by atoms with van der Waals surface area (Å²) in [5.74, 6) is 1.68. The molecule has 0 unspecified atom stereocenters.